The maximum atomic E-state index is 11.8. The molecule has 2 aromatic rings. The van der Waals surface area contributed by atoms with Crippen LogP contribution in [0.5, 0.6) is 5.75 Å². The summed E-state index contributed by atoms with van der Waals surface area (Å²) in [6.45, 7) is 10.8. The second-order valence-corrected chi connectivity index (χ2v) is 6.72. The highest BCUT2D eigenvalue weighted by Crippen LogP contribution is 2.26. The molecule has 0 spiro atoms. The Morgan fingerprint density at radius 2 is 1.88 bits per heavy atom. The van der Waals surface area contributed by atoms with E-state index in [-0.39, 0.29) is 5.91 Å². The van der Waals surface area contributed by atoms with Crippen molar-refractivity contribution in [2.75, 3.05) is 5.32 Å². The van der Waals surface area contributed by atoms with Crippen molar-refractivity contribution < 1.29 is 9.53 Å². The molecule has 2 rings (SSSR count). The number of rotatable bonds is 7. The zero-order chi connectivity index (χ0) is 18.4. The third-order valence-corrected chi connectivity index (χ3v) is 4.42. The van der Waals surface area contributed by atoms with Crippen molar-refractivity contribution in [3.63, 3.8) is 0 Å². The Balaban J connectivity index is 2.23. The number of nitrogens with one attached hydrogen (secondary N) is 1. The van der Waals surface area contributed by atoms with Gasteiger partial charge in [-0.1, -0.05) is 52.0 Å². The fourth-order valence-electron chi connectivity index (χ4n) is 2.70. The molecule has 134 valence electrons. The first-order valence-electron chi connectivity index (χ1n) is 9.09. The van der Waals surface area contributed by atoms with Crippen molar-refractivity contribution in [1.29, 1.82) is 0 Å². The van der Waals surface area contributed by atoms with Gasteiger partial charge in [0.15, 0.2) is 0 Å². The summed E-state index contributed by atoms with van der Waals surface area (Å²) < 4.78 is 6.06. The lowest BCUT2D eigenvalue weighted by molar-refractivity contribution is -0.115. The first-order chi connectivity index (χ1) is 11.9. The average Bonchev–Trinajstić information content (AvgIpc) is 2.61. The lowest BCUT2D eigenvalue weighted by Crippen LogP contribution is -2.12. The van der Waals surface area contributed by atoms with Crippen molar-refractivity contribution in [2.45, 2.75) is 60.0 Å². The normalized spacial score (nSPS) is 10.8. The van der Waals surface area contributed by atoms with Crippen LogP contribution in [0.15, 0.2) is 36.4 Å². The number of anilines is 1. The smallest absolute Gasteiger partial charge is 0.224 e. The van der Waals surface area contributed by atoms with Crippen LogP contribution in [-0.2, 0) is 17.8 Å². The number of aryl methyl sites for hydroxylation is 2. The molecule has 25 heavy (non-hydrogen) atoms. The summed E-state index contributed by atoms with van der Waals surface area (Å²) >= 11 is 0. The van der Waals surface area contributed by atoms with E-state index in [2.05, 4.69) is 57.3 Å². The number of ether oxygens (including phenoxy) is 1. The van der Waals surface area contributed by atoms with Crippen molar-refractivity contribution in [3.05, 3.63) is 58.7 Å². The van der Waals surface area contributed by atoms with Gasteiger partial charge in [0.2, 0.25) is 5.91 Å². The fourth-order valence-corrected chi connectivity index (χ4v) is 2.70. The maximum Gasteiger partial charge on any atom is 0.224 e. The van der Waals surface area contributed by atoms with E-state index in [1.54, 1.807) is 0 Å². The predicted molar refractivity (Wildman–Crippen MR) is 104 cm³/mol. The fraction of sp³-hybridized carbons (Fsp3) is 0.409. The second-order valence-electron chi connectivity index (χ2n) is 6.72. The van der Waals surface area contributed by atoms with E-state index in [4.69, 9.17) is 4.74 Å². The summed E-state index contributed by atoms with van der Waals surface area (Å²) in [6, 6.07) is 12.5. The minimum atomic E-state index is 0.0158. The third kappa shape index (κ3) is 5.09. The molecular weight excluding hydrogens is 310 g/mol. The first-order valence-corrected chi connectivity index (χ1v) is 9.09. The highest BCUT2D eigenvalue weighted by atomic mass is 16.5. The monoisotopic (exact) mass is 339 g/mol. The summed E-state index contributed by atoms with van der Waals surface area (Å²) in [4.78, 5) is 11.8. The Labute approximate surface area is 151 Å². The molecule has 3 heteroatoms. The van der Waals surface area contributed by atoms with Crippen molar-refractivity contribution in [3.8, 4) is 5.75 Å². The van der Waals surface area contributed by atoms with Gasteiger partial charge in [0.1, 0.15) is 12.4 Å². The standard InChI is InChI=1S/C22H29NO2/c1-6-17-8-11-21(16(5)12-17)25-14-19-13-18(15(3)4)9-10-20(19)23-22(24)7-2/h8-13,15H,6-7,14H2,1-5H3,(H,23,24). The van der Waals surface area contributed by atoms with Crippen LogP contribution in [0.25, 0.3) is 0 Å². The van der Waals surface area contributed by atoms with E-state index in [1.165, 1.54) is 11.1 Å². The molecule has 0 saturated carbocycles. The van der Waals surface area contributed by atoms with E-state index in [0.29, 0.717) is 18.9 Å². The summed E-state index contributed by atoms with van der Waals surface area (Å²) in [7, 11) is 0. The van der Waals surface area contributed by atoms with Crippen LogP contribution in [0.2, 0.25) is 0 Å². The summed E-state index contributed by atoms with van der Waals surface area (Å²) in [5.74, 6) is 1.34. The van der Waals surface area contributed by atoms with Gasteiger partial charge in [-0.05, 0) is 48.1 Å². The number of benzene rings is 2. The number of carbonyl (C=O) groups excluding carboxylic acids is 1. The van der Waals surface area contributed by atoms with Crippen molar-refractivity contribution in [2.24, 2.45) is 0 Å². The van der Waals surface area contributed by atoms with Crippen molar-refractivity contribution >= 4 is 11.6 Å². The summed E-state index contributed by atoms with van der Waals surface area (Å²) in [5.41, 5.74) is 5.53. The third-order valence-electron chi connectivity index (χ3n) is 4.42. The molecule has 0 bridgehead atoms. The molecule has 0 unspecified atom stereocenters. The van der Waals surface area contributed by atoms with Crippen molar-refractivity contribution in [1.82, 2.24) is 0 Å². The lowest BCUT2D eigenvalue weighted by Gasteiger charge is -2.16. The molecule has 0 aromatic heterocycles. The minimum Gasteiger partial charge on any atom is -0.489 e. The van der Waals surface area contributed by atoms with E-state index < -0.39 is 0 Å². The molecule has 0 aliphatic heterocycles. The molecular formula is C22H29NO2. The number of hydrogen-bond acceptors (Lipinski definition) is 2. The lowest BCUT2D eigenvalue weighted by atomic mass is 10.00. The van der Waals surface area contributed by atoms with Crippen LogP contribution in [0.1, 0.15) is 62.3 Å². The van der Waals surface area contributed by atoms with E-state index in [0.717, 1.165) is 29.0 Å². The summed E-state index contributed by atoms with van der Waals surface area (Å²) in [5, 5.41) is 2.98. The number of amides is 1. The van der Waals surface area contributed by atoms with Crippen LogP contribution < -0.4 is 10.1 Å². The maximum absolute atomic E-state index is 11.8. The highest BCUT2D eigenvalue weighted by Gasteiger charge is 2.10. The summed E-state index contributed by atoms with van der Waals surface area (Å²) in [6.07, 6.45) is 1.48. The molecule has 0 atom stereocenters. The Morgan fingerprint density at radius 3 is 2.48 bits per heavy atom. The first kappa shape index (κ1) is 19.0. The van der Waals surface area contributed by atoms with Gasteiger partial charge in [-0.3, -0.25) is 4.79 Å². The van der Waals surface area contributed by atoms with E-state index >= 15 is 0 Å². The molecule has 0 fully saturated rings. The van der Waals surface area contributed by atoms with Crippen LogP contribution >= 0.6 is 0 Å². The quantitative estimate of drug-likeness (QED) is 0.712. The minimum absolute atomic E-state index is 0.0158. The van der Waals surface area contributed by atoms with Gasteiger partial charge in [-0.2, -0.15) is 0 Å². The number of carbonyl (C=O) groups is 1. The highest BCUT2D eigenvalue weighted by molar-refractivity contribution is 5.91. The largest absolute Gasteiger partial charge is 0.489 e. The van der Waals surface area contributed by atoms with Gasteiger partial charge >= 0.3 is 0 Å². The molecule has 0 saturated heterocycles. The van der Waals surface area contributed by atoms with Gasteiger partial charge < -0.3 is 10.1 Å². The van der Waals surface area contributed by atoms with Crippen LogP contribution in [-0.4, -0.2) is 5.91 Å². The zero-order valence-corrected chi connectivity index (χ0v) is 16.0. The van der Waals surface area contributed by atoms with Gasteiger partial charge in [0, 0.05) is 17.7 Å². The Hall–Kier alpha value is -2.29. The van der Waals surface area contributed by atoms with Crippen LogP contribution in [0, 0.1) is 6.92 Å². The molecule has 0 heterocycles. The predicted octanol–water partition coefficient (Wildman–Crippen LogP) is 5.61. The molecule has 2 aromatic carbocycles. The Bertz CT molecular complexity index is 735. The SMILES string of the molecule is CCC(=O)Nc1ccc(C(C)C)cc1COc1ccc(CC)cc1C. The average molecular weight is 339 g/mol. The molecule has 0 aliphatic carbocycles. The second kappa shape index (κ2) is 8.70. The topological polar surface area (TPSA) is 38.3 Å². The zero-order valence-electron chi connectivity index (χ0n) is 16.0. The Morgan fingerprint density at radius 1 is 1.12 bits per heavy atom. The number of hydrogen-bond donors (Lipinski definition) is 1. The van der Waals surface area contributed by atoms with Gasteiger partial charge in [0.05, 0.1) is 0 Å². The molecule has 0 radical (unpaired) electrons. The Kier molecular flexibility index (Phi) is 6.63. The van der Waals surface area contributed by atoms with Crippen LogP contribution in [0.3, 0.4) is 0 Å². The van der Waals surface area contributed by atoms with Gasteiger partial charge in [-0.25, -0.2) is 0 Å². The van der Waals surface area contributed by atoms with Gasteiger partial charge in [-0.15, -0.1) is 0 Å². The van der Waals surface area contributed by atoms with Gasteiger partial charge in [0.25, 0.3) is 0 Å². The molecule has 3 nitrogen and oxygen atoms in total. The van der Waals surface area contributed by atoms with E-state index in [9.17, 15) is 4.79 Å². The molecule has 0 aliphatic rings. The molecule has 1 amide bonds. The van der Waals surface area contributed by atoms with E-state index in [1.807, 2.05) is 19.1 Å². The van der Waals surface area contributed by atoms with Crippen LogP contribution in [0.4, 0.5) is 5.69 Å². The molecule has 1 N–H and O–H groups in total.